The van der Waals surface area contributed by atoms with Crippen molar-refractivity contribution in [3.05, 3.63) is 23.8 Å². The van der Waals surface area contributed by atoms with E-state index >= 15 is 0 Å². The van der Waals surface area contributed by atoms with E-state index in [1.165, 1.54) is 0 Å². The Balaban J connectivity index is 1.80. The molecule has 1 aliphatic rings. The van der Waals surface area contributed by atoms with Crippen LogP contribution in [0.15, 0.2) is 18.2 Å². The normalized spacial score (nSPS) is 16.1. The molecule has 0 aliphatic heterocycles. The summed E-state index contributed by atoms with van der Waals surface area (Å²) >= 11 is 0. The number of nitrogens with one attached hydrogen (secondary N) is 2. The van der Waals surface area contributed by atoms with Gasteiger partial charge in [-0.25, -0.2) is 4.79 Å². The average molecular weight is 308 g/mol. The number of amides is 2. The molecule has 0 radical (unpaired) electrons. The van der Waals surface area contributed by atoms with Crippen molar-refractivity contribution in [3.8, 4) is 11.5 Å². The van der Waals surface area contributed by atoms with E-state index in [1.807, 2.05) is 12.1 Å². The van der Waals surface area contributed by atoms with Crippen LogP contribution in [0.4, 0.5) is 4.79 Å². The zero-order valence-corrected chi connectivity index (χ0v) is 13.1. The highest BCUT2D eigenvalue weighted by atomic mass is 16.5. The van der Waals surface area contributed by atoms with Crippen LogP contribution in [0.3, 0.4) is 0 Å². The number of benzene rings is 1. The summed E-state index contributed by atoms with van der Waals surface area (Å²) in [5, 5.41) is 15.7. The van der Waals surface area contributed by atoms with Gasteiger partial charge in [-0.15, -0.1) is 0 Å². The molecule has 0 saturated heterocycles. The lowest BCUT2D eigenvalue weighted by molar-refractivity contribution is 0.0501. The molecule has 2 rings (SSSR count). The Hall–Kier alpha value is -1.95. The second kappa shape index (κ2) is 7.35. The summed E-state index contributed by atoms with van der Waals surface area (Å²) in [6, 6.07) is 5.21. The summed E-state index contributed by atoms with van der Waals surface area (Å²) in [4.78, 5) is 11.8. The maximum absolute atomic E-state index is 11.8. The summed E-state index contributed by atoms with van der Waals surface area (Å²) in [6.07, 6.45) is 3.54. The van der Waals surface area contributed by atoms with Gasteiger partial charge < -0.3 is 25.2 Å². The first-order valence-electron chi connectivity index (χ1n) is 7.51. The van der Waals surface area contributed by atoms with Gasteiger partial charge in [-0.3, -0.25) is 0 Å². The molecule has 2 amide bonds. The standard InChI is InChI=1S/C16H24N2O4/c1-21-13-6-5-12(9-14(13)22-2)10-17-15(19)18-11-16(20)7-3-4-8-16/h5-6,9,20H,3-4,7-8,10-11H2,1-2H3,(H2,17,18,19). The van der Waals surface area contributed by atoms with Crippen molar-refractivity contribution in [2.24, 2.45) is 0 Å². The molecule has 1 saturated carbocycles. The van der Waals surface area contributed by atoms with E-state index in [4.69, 9.17) is 9.47 Å². The Morgan fingerprint density at radius 3 is 2.50 bits per heavy atom. The average Bonchev–Trinajstić information content (AvgIpc) is 2.97. The summed E-state index contributed by atoms with van der Waals surface area (Å²) in [5.74, 6) is 1.28. The van der Waals surface area contributed by atoms with Gasteiger partial charge in [-0.05, 0) is 30.5 Å². The second-order valence-electron chi connectivity index (χ2n) is 5.66. The minimum absolute atomic E-state index is 0.282. The maximum atomic E-state index is 11.8. The Labute approximate surface area is 130 Å². The van der Waals surface area contributed by atoms with Gasteiger partial charge in [-0.1, -0.05) is 18.9 Å². The van der Waals surface area contributed by atoms with Crippen LogP contribution in [0.25, 0.3) is 0 Å². The molecule has 0 bridgehead atoms. The molecule has 6 nitrogen and oxygen atoms in total. The first kappa shape index (κ1) is 16.4. The quantitative estimate of drug-likeness (QED) is 0.749. The third kappa shape index (κ3) is 4.27. The highest BCUT2D eigenvalue weighted by Crippen LogP contribution is 2.29. The molecule has 0 unspecified atom stereocenters. The fraction of sp³-hybridized carbons (Fsp3) is 0.562. The van der Waals surface area contributed by atoms with Gasteiger partial charge in [0.05, 0.1) is 19.8 Å². The van der Waals surface area contributed by atoms with Crippen molar-refractivity contribution < 1.29 is 19.4 Å². The number of carbonyl (C=O) groups excluding carboxylic acids is 1. The molecular weight excluding hydrogens is 284 g/mol. The Morgan fingerprint density at radius 2 is 1.86 bits per heavy atom. The minimum Gasteiger partial charge on any atom is -0.493 e. The molecule has 22 heavy (non-hydrogen) atoms. The number of rotatable bonds is 6. The fourth-order valence-corrected chi connectivity index (χ4v) is 2.69. The van der Waals surface area contributed by atoms with Crippen molar-refractivity contribution in [1.29, 1.82) is 0 Å². The molecule has 0 spiro atoms. The molecule has 1 aliphatic carbocycles. The van der Waals surface area contributed by atoms with Crippen LogP contribution in [0, 0.1) is 0 Å². The summed E-state index contributed by atoms with van der Waals surface area (Å²) in [5.41, 5.74) is 0.174. The number of hydrogen-bond donors (Lipinski definition) is 3. The monoisotopic (exact) mass is 308 g/mol. The molecule has 0 heterocycles. The number of carbonyl (C=O) groups is 1. The van der Waals surface area contributed by atoms with Gasteiger partial charge in [0.2, 0.25) is 0 Å². The van der Waals surface area contributed by atoms with Gasteiger partial charge in [0, 0.05) is 13.1 Å². The Bertz CT molecular complexity index is 513. The third-order valence-corrected chi connectivity index (χ3v) is 4.01. The Morgan fingerprint density at radius 1 is 1.18 bits per heavy atom. The molecule has 1 fully saturated rings. The summed E-state index contributed by atoms with van der Waals surface area (Å²) < 4.78 is 10.4. The van der Waals surface area contributed by atoms with Crippen molar-refractivity contribution in [2.45, 2.75) is 37.8 Å². The molecule has 1 aromatic rings. The van der Waals surface area contributed by atoms with Gasteiger partial charge in [0.25, 0.3) is 0 Å². The lowest BCUT2D eigenvalue weighted by Crippen LogP contribution is -2.44. The number of hydrogen-bond acceptors (Lipinski definition) is 4. The highest BCUT2D eigenvalue weighted by molar-refractivity contribution is 5.73. The van der Waals surface area contributed by atoms with E-state index in [0.29, 0.717) is 24.6 Å². The molecule has 0 atom stereocenters. The lowest BCUT2D eigenvalue weighted by Gasteiger charge is -2.22. The van der Waals surface area contributed by atoms with E-state index in [-0.39, 0.29) is 6.03 Å². The van der Waals surface area contributed by atoms with Gasteiger partial charge >= 0.3 is 6.03 Å². The molecule has 6 heteroatoms. The lowest BCUT2D eigenvalue weighted by atomic mass is 10.0. The number of aliphatic hydroxyl groups is 1. The largest absolute Gasteiger partial charge is 0.493 e. The van der Waals surface area contributed by atoms with E-state index in [0.717, 1.165) is 31.2 Å². The fourth-order valence-electron chi connectivity index (χ4n) is 2.69. The molecule has 3 N–H and O–H groups in total. The van der Waals surface area contributed by atoms with Crippen molar-refractivity contribution >= 4 is 6.03 Å². The number of methoxy groups -OCH3 is 2. The van der Waals surface area contributed by atoms with E-state index in [1.54, 1.807) is 20.3 Å². The highest BCUT2D eigenvalue weighted by Gasteiger charge is 2.31. The zero-order valence-electron chi connectivity index (χ0n) is 13.1. The first-order valence-corrected chi connectivity index (χ1v) is 7.51. The van der Waals surface area contributed by atoms with Crippen LogP contribution in [0.1, 0.15) is 31.2 Å². The predicted molar refractivity (Wildman–Crippen MR) is 83.2 cm³/mol. The SMILES string of the molecule is COc1ccc(CNC(=O)NCC2(O)CCCC2)cc1OC. The van der Waals surface area contributed by atoms with Crippen LogP contribution >= 0.6 is 0 Å². The van der Waals surface area contributed by atoms with Crippen LogP contribution in [-0.4, -0.2) is 37.5 Å². The van der Waals surface area contributed by atoms with Gasteiger partial charge in [0.1, 0.15) is 0 Å². The summed E-state index contributed by atoms with van der Waals surface area (Å²) in [6.45, 7) is 0.676. The van der Waals surface area contributed by atoms with Crippen molar-refractivity contribution in [3.63, 3.8) is 0 Å². The summed E-state index contributed by atoms with van der Waals surface area (Å²) in [7, 11) is 3.15. The van der Waals surface area contributed by atoms with E-state index in [9.17, 15) is 9.90 Å². The predicted octanol–water partition coefficient (Wildman–Crippen LogP) is 1.81. The zero-order chi connectivity index (χ0) is 16.0. The van der Waals surface area contributed by atoms with Gasteiger partial charge in [-0.2, -0.15) is 0 Å². The Kier molecular flexibility index (Phi) is 5.49. The molecule has 122 valence electrons. The smallest absolute Gasteiger partial charge is 0.315 e. The van der Waals surface area contributed by atoms with Gasteiger partial charge in [0.15, 0.2) is 11.5 Å². The van der Waals surface area contributed by atoms with E-state index < -0.39 is 5.60 Å². The van der Waals surface area contributed by atoms with Crippen LogP contribution in [0.2, 0.25) is 0 Å². The minimum atomic E-state index is -0.735. The molecule has 1 aromatic carbocycles. The number of urea groups is 1. The van der Waals surface area contributed by atoms with Crippen molar-refractivity contribution in [1.82, 2.24) is 10.6 Å². The topological polar surface area (TPSA) is 79.8 Å². The number of ether oxygens (including phenoxy) is 2. The van der Waals surface area contributed by atoms with Crippen LogP contribution < -0.4 is 20.1 Å². The second-order valence-corrected chi connectivity index (χ2v) is 5.66. The molecular formula is C16H24N2O4. The van der Waals surface area contributed by atoms with Crippen molar-refractivity contribution in [2.75, 3.05) is 20.8 Å². The first-order chi connectivity index (χ1) is 10.6. The maximum Gasteiger partial charge on any atom is 0.315 e. The third-order valence-electron chi connectivity index (χ3n) is 4.01. The van der Waals surface area contributed by atoms with E-state index in [2.05, 4.69) is 10.6 Å². The molecule has 0 aromatic heterocycles. The van der Waals surface area contributed by atoms with Crippen LogP contribution in [0.5, 0.6) is 11.5 Å². The van der Waals surface area contributed by atoms with Crippen LogP contribution in [-0.2, 0) is 6.54 Å².